The lowest BCUT2D eigenvalue weighted by Crippen LogP contribution is -2.47. The maximum absolute atomic E-state index is 11.8. The molecule has 1 aromatic heterocycles. The average Bonchev–Trinajstić information content (AvgIpc) is 2.94. The van der Waals surface area contributed by atoms with Crippen LogP contribution in [0.4, 0.5) is 11.6 Å². The molecule has 7 nitrogen and oxygen atoms in total. The molecule has 1 amide bonds. The molecule has 2 aliphatic heterocycles. The molecule has 0 spiro atoms. The molecule has 22 heavy (non-hydrogen) atoms. The van der Waals surface area contributed by atoms with Crippen LogP contribution in [-0.2, 0) is 4.79 Å². The Balaban J connectivity index is 1.53. The van der Waals surface area contributed by atoms with Gasteiger partial charge in [0.05, 0.1) is 6.04 Å². The molecule has 2 saturated heterocycles. The molecule has 7 heteroatoms. The number of hydrogen-bond donors (Lipinski definition) is 2. The molecular formula is C15H24N6O. The second-order valence-corrected chi connectivity index (χ2v) is 6.21. The fraction of sp³-hybridized carbons (Fsp3) is 0.667. The average molecular weight is 304 g/mol. The number of amides is 1. The van der Waals surface area contributed by atoms with Gasteiger partial charge in [-0.1, -0.05) is 0 Å². The molecular weight excluding hydrogens is 280 g/mol. The number of aromatic nitrogens is 2. The van der Waals surface area contributed by atoms with Gasteiger partial charge in [-0.2, -0.15) is 0 Å². The first-order valence-corrected chi connectivity index (χ1v) is 7.91. The van der Waals surface area contributed by atoms with Crippen molar-refractivity contribution in [2.45, 2.75) is 31.3 Å². The van der Waals surface area contributed by atoms with Crippen LogP contribution in [0.1, 0.15) is 19.3 Å². The predicted molar refractivity (Wildman–Crippen MR) is 86.0 cm³/mol. The second kappa shape index (κ2) is 6.48. The zero-order valence-corrected chi connectivity index (χ0v) is 13.2. The lowest BCUT2D eigenvalue weighted by molar-refractivity contribution is -0.124. The molecule has 2 fully saturated rings. The van der Waals surface area contributed by atoms with Gasteiger partial charge in [0.1, 0.15) is 18.0 Å². The Morgan fingerprint density at radius 1 is 1.27 bits per heavy atom. The van der Waals surface area contributed by atoms with Crippen molar-refractivity contribution in [2.24, 2.45) is 0 Å². The number of piperidine rings is 1. The van der Waals surface area contributed by atoms with Crippen LogP contribution in [0.15, 0.2) is 12.4 Å². The van der Waals surface area contributed by atoms with E-state index in [1.54, 1.807) is 6.33 Å². The molecule has 2 N–H and O–H groups in total. The van der Waals surface area contributed by atoms with E-state index in [2.05, 4.69) is 25.5 Å². The van der Waals surface area contributed by atoms with Crippen LogP contribution < -0.4 is 15.5 Å². The highest BCUT2D eigenvalue weighted by Crippen LogP contribution is 2.20. The Morgan fingerprint density at radius 3 is 2.68 bits per heavy atom. The van der Waals surface area contributed by atoms with Crippen molar-refractivity contribution >= 4 is 17.5 Å². The van der Waals surface area contributed by atoms with Crippen molar-refractivity contribution in [1.29, 1.82) is 0 Å². The topological polar surface area (TPSA) is 73.4 Å². The van der Waals surface area contributed by atoms with Gasteiger partial charge in [0.25, 0.3) is 0 Å². The summed E-state index contributed by atoms with van der Waals surface area (Å²) in [4.78, 5) is 24.6. The number of nitrogens with one attached hydrogen (secondary N) is 2. The zero-order chi connectivity index (χ0) is 15.5. The first-order chi connectivity index (χ1) is 10.6. The fourth-order valence-corrected chi connectivity index (χ4v) is 3.16. The van der Waals surface area contributed by atoms with Gasteiger partial charge in [-0.3, -0.25) is 9.69 Å². The van der Waals surface area contributed by atoms with Crippen LogP contribution in [-0.4, -0.2) is 66.6 Å². The van der Waals surface area contributed by atoms with Gasteiger partial charge in [-0.15, -0.1) is 0 Å². The molecule has 0 aromatic carbocycles. The van der Waals surface area contributed by atoms with E-state index in [1.165, 1.54) is 0 Å². The minimum atomic E-state index is 0.0837. The van der Waals surface area contributed by atoms with E-state index >= 15 is 0 Å². The molecule has 120 valence electrons. The van der Waals surface area contributed by atoms with E-state index in [0.29, 0.717) is 6.04 Å². The van der Waals surface area contributed by atoms with Gasteiger partial charge in [0.15, 0.2) is 0 Å². The van der Waals surface area contributed by atoms with Crippen LogP contribution in [0, 0.1) is 0 Å². The third-order valence-electron chi connectivity index (χ3n) is 4.45. The Bertz CT molecular complexity index is 527. The monoisotopic (exact) mass is 304 g/mol. The van der Waals surface area contributed by atoms with E-state index in [-0.39, 0.29) is 11.9 Å². The molecule has 0 saturated carbocycles. The van der Waals surface area contributed by atoms with Gasteiger partial charge in [0, 0.05) is 45.8 Å². The Kier molecular flexibility index (Phi) is 4.42. The summed E-state index contributed by atoms with van der Waals surface area (Å²) in [5.41, 5.74) is 0. The van der Waals surface area contributed by atoms with E-state index in [1.807, 2.05) is 25.1 Å². The largest absolute Gasteiger partial charge is 0.367 e. The predicted octanol–water partition coefficient (Wildman–Crippen LogP) is 0.307. The molecule has 1 aromatic rings. The van der Waals surface area contributed by atoms with E-state index in [0.717, 1.165) is 50.5 Å². The van der Waals surface area contributed by atoms with Crippen LogP contribution in [0.3, 0.4) is 0 Å². The summed E-state index contributed by atoms with van der Waals surface area (Å²) in [5.74, 6) is 1.96. The highest BCUT2D eigenvalue weighted by molar-refractivity contribution is 5.83. The van der Waals surface area contributed by atoms with Crippen molar-refractivity contribution in [3.63, 3.8) is 0 Å². The van der Waals surface area contributed by atoms with Crippen molar-refractivity contribution < 1.29 is 4.79 Å². The van der Waals surface area contributed by atoms with Crippen molar-refractivity contribution in [3.8, 4) is 0 Å². The molecule has 0 bridgehead atoms. The van der Waals surface area contributed by atoms with Crippen LogP contribution in [0.25, 0.3) is 0 Å². The van der Waals surface area contributed by atoms with E-state index in [9.17, 15) is 4.79 Å². The van der Waals surface area contributed by atoms with Gasteiger partial charge in [-0.05, 0) is 19.3 Å². The summed E-state index contributed by atoms with van der Waals surface area (Å²) in [6, 6.07) is 2.46. The summed E-state index contributed by atoms with van der Waals surface area (Å²) < 4.78 is 0. The number of anilines is 2. The highest BCUT2D eigenvalue weighted by atomic mass is 16.2. The lowest BCUT2D eigenvalue weighted by atomic mass is 10.0. The van der Waals surface area contributed by atoms with Crippen LogP contribution in [0.5, 0.6) is 0 Å². The number of nitrogens with zero attached hydrogens (tertiary/aromatic N) is 4. The number of carbonyl (C=O) groups is 1. The number of rotatable bonds is 4. The van der Waals surface area contributed by atoms with Crippen molar-refractivity contribution in [2.75, 3.05) is 43.9 Å². The molecule has 0 aliphatic carbocycles. The van der Waals surface area contributed by atoms with Gasteiger partial charge in [-0.25, -0.2) is 9.97 Å². The summed E-state index contributed by atoms with van der Waals surface area (Å²) in [5, 5.41) is 6.41. The minimum Gasteiger partial charge on any atom is -0.367 e. The van der Waals surface area contributed by atoms with E-state index < -0.39 is 0 Å². The maximum atomic E-state index is 11.8. The maximum Gasteiger partial charge on any atom is 0.237 e. The van der Waals surface area contributed by atoms with Crippen molar-refractivity contribution in [3.05, 3.63) is 12.4 Å². The lowest BCUT2D eigenvalue weighted by Gasteiger charge is -2.35. The van der Waals surface area contributed by atoms with Crippen LogP contribution >= 0.6 is 0 Å². The number of hydrogen-bond acceptors (Lipinski definition) is 6. The first-order valence-electron chi connectivity index (χ1n) is 7.91. The summed E-state index contributed by atoms with van der Waals surface area (Å²) in [6.45, 7) is 2.73. The van der Waals surface area contributed by atoms with Gasteiger partial charge < -0.3 is 15.5 Å². The summed E-state index contributed by atoms with van der Waals surface area (Å²) >= 11 is 0. The third-order valence-corrected chi connectivity index (χ3v) is 4.45. The van der Waals surface area contributed by atoms with Gasteiger partial charge >= 0.3 is 0 Å². The Labute approximate surface area is 131 Å². The third kappa shape index (κ3) is 3.30. The summed E-state index contributed by atoms with van der Waals surface area (Å²) in [7, 11) is 3.94. The summed E-state index contributed by atoms with van der Waals surface area (Å²) in [6.07, 6.45) is 4.60. The standard InChI is InChI=1S/C15H24N6O/c1-20(2)14-9-13(17-10-18-14)19-11-4-7-21(8-5-11)12-3-6-16-15(12)22/h9-12H,3-8H2,1-2H3,(H,16,22)(H,17,18,19). The normalized spacial score (nSPS) is 23.4. The Hall–Kier alpha value is -1.89. The highest BCUT2D eigenvalue weighted by Gasteiger charge is 2.32. The minimum absolute atomic E-state index is 0.0837. The molecule has 1 atom stereocenters. The molecule has 3 rings (SSSR count). The smallest absolute Gasteiger partial charge is 0.237 e. The van der Waals surface area contributed by atoms with E-state index in [4.69, 9.17) is 0 Å². The zero-order valence-electron chi connectivity index (χ0n) is 13.2. The Morgan fingerprint density at radius 2 is 2.05 bits per heavy atom. The second-order valence-electron chi connectivity index (χ2n) is 6.21. The molecule has 2 aliphatic rings. The van der Waals surface area contributed by atoms with Crippen molar-refractivity contribution in [1.82, 2.24) is 20.2 Å². The quantitative estimate of drug-likeness (QED) is 0.834. The number of likely N-dealkylation sites (tertiary alicyclic amines) is 1. The number of carbonyl (C=O) groups excluding carboxylic acids is 1. The SMILES string of the molecule is CN(C)c1cc(NC2CCN(C3CCNC3=O)CC2)ncn1. The molecule has 1 unspecified atom stereocenters. The fourth-order valence-electron chi connectivity index (χ4n) is 3.16. The first kappa shape index (κ1) is 15.0. The molecule has 3 heterocycles. The molecule has 0 radical (unpaired) electrons. The van der Waals surface area contributed by atoms with Gasteiger partial charge in [0.2, 0.25) is 5.91 Å². The van der Waals surface area contributed by atoms with Crippen LogP contribution in [0.2, 0.25) is 0 Å².